The summed E-state index contributed by atoms with van der Waals surface area (Å²) in [4.78, 5) is 2.38. The Morgan fingerprint density at radius 3 is 1.85 bits per heavy atom. The van der Waals surface area contributed by atoms with Gasteiger partial charge >= 0.3 is 5.90 Å². The minimum Gasteiger partial charge on any atom is -0.474 e. The molecule has 0 aromatic heterocycles. The van der Waals surface area contributed by atoms with Gasteiger partial charge in [0, 0.05) is 25.0 Å². The lowest BCUT2D eigenvalue weighted by atomic mass is 9.68. The average molecular weight is 778 g/mol. The van der Waals surface area contributed by atoms with Gasteiger partial charge in [0.25, 0.3) is 20.2 Å². The van der Waals surface area contributed by atoms with Gasteiger partial charge in [0.2, 0.25) is 0 Å². The third-order valence-corrected chi connectivity index (χ3v) is 18.2. The molecular weight excluding hydrogens is 713 g/mol. The average Bonchev–Trinajstić information content (AvgIpc) is 3.63. The van der Waals surface area contributed by atoms with Crippen LogP contribution < -0.4 is 0 Å². The van der Waals surface area contributed by atoms with Crippen LogP contribution in [0, 0.1) is 35.5 Å². The van der Waals surface area contributed by atoms with Gasteiger partial charge in [-0.1, -0.05) is 77.6 Å². The Kier molecular flexibility index (Phi) is 11.3. The molecule has 10 nitrogen and oxygen atoms in total. The number of allylic oxidation sites excluding steroid dienone is 2. The van der Waals surface area contributed by atoms with Crippen LogP contribution in [0.1, 0.15) is 142 Å². The Bertz CT molecular complexity index is 1660. The molecule has 53 heavy (non-hydrogen) atoms. The molecule has 12 heteroatoms. The van der Waals surface area contributed by atoms with Crippen LogP contribution in [-0.2, 0) is 29.7 Å². The topological polar surface area (TPSA) is 133 Å². The zero-order valence-corrected chi connectivity index (χ0v) is 33.5. The molecule has 1 saturated heterocycles. The highest BCUT2D eigenvalue weighted by atomic mass is 32.2. The van der Waals surface area contributed by atoms with Gasteiger partial charge in [-0.2, -0.15) is 21.4 Å². The monoisotopic (exact) mass is 777 g/mol. The third-order valence-electron chi connectivity index (χ3n) is 15.4. The van der Waals surface area contributed by atoms with Crippen molar-refractivity contribution in [3.8, 4) is 0 Å². The molecule has 8 aliphatic rings. The molecule has 8 rings (SSSR count). The van der Waals surface area contributed by atoms with E-state index in [0.717, 1.165) is 88.0 Å². The number of fused-ring (bicyclic) bond motifs is 4. The van der Waals surface area contributed by atoms with E-state index >= 15 is 0 Å². The highest BCUT2D eigenvalue weighted by Gasteiger charge is 2.53. The third kappa shape index (κ3) is 8.13. The maximum atomic E-state index is 12.6. The lowest BCUT2D eigenvalue weighted by Crippen LogP contribution is -2.47. The van der Waals surface area contributed by atoms with E-state index in [9.17, 15) is 25.9 Å². The Labute approximate surface area is 318 Å². The molecule has 12 unspecified atom stereocenters. The SMILES string of the molecule is CCC(=C/C1=[N+](CC2CCCCC2S(=O)(=O)O)C2CC3CCCCC3CC2O1)/C=C1/OC2CC3CCCCC3CC2N1CC1CCCCC1S(=O)(=O)O. The molecule has 0 radical (unpaired) electrons. The van der Waals surface area contributed by atoms with Crippen LogP contribution in [0.15, 0.2) is 23.6 Å². The standard InChI is InChI=1S/C41H64N2O8S2/c1-2-27(19-40-42(25-32-15-7-9-17-38(32)52(44,45)46)34-21-28-11-3-5-13-30(28)23-36(34)50-40)20-41-43(26-33-16-8-10-18-39(33)53(47,48)49)35-22-29-12-4-6-14-31(29)24-37(35)51-41/h19-20,28-39H,2-18,21-26H2,1H3,(H-,44,45,46,47,48,49)/p+1. The van der Waals surface area contributed by atoms with E-state index in [4.69, 9.17) is 9.47 Å². The molecule has 298 valence electrons. The van der Waals surface area contributed by atoms with Crippen molar-refractivity contribution in [3.05, 3.63) is 23.6 Å². The largest absolute Gasteiger partial charge is 0.474 e. The number of hydrogen-bond donors (Lipinski definition) is 2. The zero-order chi connectivity index (χ0) is 36.9. The van der Waals surface area contributed by atoms with Gasteiger partial charge in [-0.05, 0) is 93.0 Å². The van der Waals surface area contributed by atoms with Gasteiger partial charge in [-0.25, -0.2) is 0 Å². The molecule has 6 aliphatic carbocycles. The van der Waals surface area contributed by atoms with Crippen molar-refractivity contribution in [2.45, 2.75) is 177 Å². The van der Waals surface area contributed by atoms with Gasteiger partial charge in [-0.3, -0.25) is 9.11 Å². The van der Waals surface area contributed by atoms with Gasteiger partial charge in [0.05, 0.1) is 22.6 Å². The highest BCUT2D eigenvalue weighted by molar-refractivity contribution is 7.86. The summed E-state index contributed by atoms with van der Waals surface area (Å²) in [7, 11) is -8.31. The fourth-order valence-electron chi connectivity index (χ4n) is 12.6. The molecule has 2 heterocycles. The van der Waals surface area contributed by atoms with Crippen LogP contribution in [-0.4, -0.2) is 89.2 Å². The fraction of sp³-hybridized carbons (Fsp3) is 0.878. The highest BCUT2D eigenvalue weighted by Crippen LogP contribution is 2.48. The molecule has 0 bridgehead atoms. The normalized spacial score (nSPS) is 41.6. The van der Waals surface area contributed by atoms with E-state index in [2.05, 4.69) is 28.6 Å². The van der Waals surface area contributed by atoms with Crippen molar-refractivity contribution in [2.75, 3.05) is 13.1 Å². The van der Waals surface area contributed by atoms with Crippen LogP contribution in [0.3, 0.4) is 0 Å². The number of rotatable bonds is 9. The summed E-state index contributed by atoms with van der Waals surface area (Å²) in [5.41, 5.74) is 1.07. The van der Waals surface area contributed by atoms with Crippen LogP contribution in [0.5, 0.6) is 0 Å². The Morgan fingerprint density at radius 1 is 0.698 bits per heavy atom. The second-order valence-corrected chi connectivity index (χ2v) is 21.7. The van der Waals surface area contributed by atoms with Gasteiger partial charge in [0.15, 0.2) is 24.6 Å². The summed E-state index contributed by atoms with van der Waals surface area (Å²) in [5, 5.41) is -1.48. The van der Waals surface area contributed by atoms with Crippen LogP contribution in [0.25, 0.3) is 0 Å². The Hall–Kier alpha value is -1.63. The number of hydrogen-bond acceptors (Lipinski definition) is 7. The molecule has 7 fully saturated rings. The summed E-state index contributed by atoms with van der Waals surface area (Å²) in [6.45, 7) is 3.28. The molecule has 6 saturated carbocycles. The van der Waals surface area contributed by atoms with Gasteiger partial charge in [-0.15, -0.1) is 0 Å². The van der Waals surface area contributed by atoms with Gasteiger partial charge in [0.1, 0.15) is 6.10 Å². The Balaban J connectivity index is 1.13. The number of ether oxygens (including phenoxy) is 2. The van der Waals surface area contributed by atoms with E-state index in [-0.39, 0.29) is 36.1 Å². The van der Waals surface area contributed by atoms with Crippen molar-refractivity contribution < 1.29 is 40.0 Å². The van der Waals surface area contributed by atoms with Crippen molar-refractivity contribution in [1.82, 2.24) is 4.90 Å². The first kappa shape index (κ1) is 38.3. The summed E-state index contributed by atoms with van der Waals surface area (Å²) in [6.07, 6.45) is 25.8. The molecule has 0 amide bonds. The maximum Gasteiger partial charge on any atom is 0.363 e. The lowest BCUT2D eigenvalue weighted by Gasteiger charge is -2.43. The van der Waals surface area contributed by atoms with E-state index in [0.29, 0.717) is 49.6 Å². The Morgan fingerprint density at radius 2 is 1.23 bits per heavy atom. The van der Waals surface area contributed by atoms with Crippen molar-refractivity contribution >= 4 is 26.1 Å². The van der Waals surface area contributed by atoms with Crippen LogP contribution in [0.2, 0.25) is 0 Å². The predicted octanol–water partition coefficient (Wildman–Crippen LogP) is 7.51. The van der Waals surface area contributed by atoms with Crippen molar-refractivity contribution in [1.29, 1.82) is 0 Å². The molecule has 0 aromatic carbocycles. The minimum atomic E-state index is -4.15. The zero-order valence-electron chi connectivity index (χ0n) is 31.9. The molecule has 12 atom stereocenters. The van der Waals surface area contributed by atoms with Crippen molar-refractivity contribution in [3.63, 3.8) is 0 Å². The second kappa shape index (κ2) is 15.7. The molecule has 2 aliphatic heterocycles. The van der Waals surface area contributed by atoms with E-state index in [1.165, 1.54) is 51.4 Å². The summed E-state index contributed by atoms with van der Waals surface area (Å²) >= 11 is 0. The minimum absolute atomic E-state index is 0.0771. The summed E-state index contributed by atoms with van der Waals surface area (Å²) in [6, 6.07) is 0.397. The van der Waals surface area contributed by atoms with Crippen LogP contribution in [0.4, 0.5) is 0 Å². The quantitative estimate of drug-likeness (QED) is 0.180. The molecule has 0 aromatic rings. The predicted molar refractivity (Wildman–Crippen MR) is 205 cm³/mol. The maximum absolute atomic E-state index is 12.6. The van der Waals surface area contributed by atoms with E-state index in [1.54, 1.807) is 0 Å². The molecule has 2 N–H and O–H groups in total. The molecular formula is C41H65N2O8S2+. The first-order valence-electron chi connectivity index (χ1n) is 21.5. The van der Waals surface area contributed by atoms with Gasteiger partial charge < -0.3 is 14.4 Å². The molecule has 0 spiro atoms. The fourth-order valence-corrected chi connectivity index (χ4v) is 15.0. The van der Waals surface area contributed by atoms with Crippen molar-refractivity contribution in [2.24, 2.45) is 35.5 Å². The van der Waals surface area contributed by atoms with E-state index < -0.39 is 30.7 Å². The first-order valence-corrected chi connectivity index (χ1v) is 24.5. The summed E-state index contributed by atoms with van der Waals surface area (Å²) < 4.78 is 87.1. The first-order chi connectivity index (χ1) is 25.5. The lowest BCUT2D eigenvalue weighted by molar-refractivity contribution is -0.570. The smallest absolute Gasteiger partial charge is 0.363 e. The summed E-state index contributed by atoms with van der Waals surface area (Å²) in [5.74, 6) is 4.05. The van der Waals surface area contributed by atoms with E-state index in [1.807, 2.05) is 0 Å². The van der Waals surface area contributed by atoms with Crippen LogP contribution >= 0.6 is 0 Å². The second-order valence-electron chi connectivity index (χ2n) is 18.4. The number of nitrogens with zero attached hydrogens (tertiary/aromatic N) is 2.